The Hall–Kier alpha value is -2.64. The van der Waals surface area contributed by atoms with Gasteiger partial charge in [-0.25, -0.2) is 13.6 Å². The molecular weight excluding hydrogens is 376 g/mol. The zero-order valence-corrected chi connectivity index (χ0v) is 17.0. The lowest BCUT2D eigenvalue weighted by atomic mass is 9.86. The van der Waals surface area contributed by atoms with Gasteiger partial charge in [0.05, 0.1) is 17.6 Å². The Kier molecular flexibility index (Phi) is 5.32. The molecular formula is C21H24N2O4S. The number of rotatable bonds is 5. The van der Waals surface area contributed by atoms with Crippen molar-refractivity contribution >= 4 is 26.9 Å². The molecule has 1 amide bonds. The van der Waals surface area contributed by atoms with Crippen LogP contribution in [0.25, 0.3) is 11.0 Å². The number of carbonyl (C=O) groups is 1. The molecule has 0 saturated carbocycles. The average Bonchev–Trinajstić information content (AvgIpc) is 3.01. The van der Waals surface area contributed by atoms with Gasteiger partial charge >= 0.3 is 0 Å². The Morgan fingerprint density at radius 2 is 1.79 bits per heavy atom. The molecule has 3 N–H and O–H groups in total. The van der Waals surface area contributed by atoms with Gasteiger partial charge in [0.25, 0.3) is 0 Å². The number of fused-ring (bicyclic) bond motifs is 1. The molecule has 1 heterocycles. The number of nitrogens with two attached hydrogens (primary N) is 1. The standard InChI is InChI=1S/C21H24N2O4S/c1-21(2,3)16-6-9-19-18(11-16)15(13-27-19)10-20(24)23-12-14-4-7-17(8-5-14)28(22,25)26/h4-9,11,13H,10,12H2,1-3H3,(H,23,24)(H2,22,25,26). The number of hydrogen-bond donors (Lipinski definition) is 2. The Bertz CT molecular complexity index is 1110. The highest BCUT2D eigenvalue weighted by Crippen LogP contribution is 2.29. The highest BCUT2D eigenvalue weighted by Gasteiger charge is 2.17. The van der Waals surface area contributed by atoms with E-state index in [1.165, 1.54) is 17.7 Å². The summed E-state index contributed by atoms with van der Waals surface area (Å²) in [5, 5.41) is 8.87. The topological polar surface area (TPSA) is 102 Å². The fourth-order valence-electron chi connectivity index (χ4n) is 2.92. The maximum Gasteiger partial charge on any atom is 0.238 e. The van der Waals surface area contributed by atoms with E-state index in [2.05, 4.69) is 32.2 Å². The Morgan fingerprint density at radius 1 is 1.11 bits per heavy atom. The summed E-state index contributed by atoms with van der Waals surface area (Å²) in [7, 11) is -3.72. The summed E-state index contributed by atoms with van der Waals surface area (Å²) in [4.78, 5) is 12.4. The number of furan rings is 1. The van der Waals surface area contributed by atoms with Crippen molar-refractivity contribution in [2.45, 2.75) is 44.0 Å². The molecule has 3 aromatic rings. The number of primary sulfonamides is 1. The molecule has 7 heteroatoms. The molecule has 0 fully saturated rings. The van der Waals surface area contributed by atoms with Gasteiger partial charge in [-0.3, -0.25) is 4.79 Å². The molecule has 0 saturated heterocycles. The van der Waals surface area contributed by atoms with E-state index >= 15 is 0 Å². The van der Waals surface area contributed by atoms with Gasteiger partial charge in [0.2, 0.25) is 15.9 Å². The van der Waals surface area contributed by atoms with Gasteiger partial charge in [0, 0.05) is 17.5 Å². The van der Waals surface area contributed by atoms with Crippen LogP contribution in [0.15, 0.2) is 58.0 Å². The fourth-order valence-corrected chi connectivity index (χ4v) is 3.43. The van der Waals surface area contributed by atoms with Crippen LogP contribution in [-0.2, 0) is 33.2 Å². The maximum absolute atomic E-state index is 12.4. The van der Waals surface area contributed by atoms with Gasteiger partial charge in [-0.05, 0) is 40.8 Å². The van der Waals surface area contributed by atoms with Crippen molar-refractivity contribution in [3.05, 3.63) is 65.4 Å². The molecule has 148 valence electrons. The second kappa shape index (κ2) is 7.41. The summed E-state index contributed by atoms with van der Waals surface area (Å²) in [5.41, 5.74) is 3.57. The van der Waals surface area contributed by atoms with Gasteiger partial charge in [-0.1, -0.05) is 39.0 Å². The first-order chi connectivity index (χ1) is 13.0. The Labute approximate surface area is 164 Å². The van der Waals surface area contributed by atoms with E-state index in [4.69, 9.17) is 9.56 Å². The minimum Gasteiger partial charge on any atom is -0.464 e. The molecule has 28 heavy (non-hydrogen) atoms. The minimum atomic E-state index is -3.72. The first-order valence-corrected chi connectivity index (χ1v) is 10.5. The number of sulfonamides is 1. The number of nitrogens with one attached hydrogen (secondary N) is 1. The van der Waals surface area contributed by atoms with Crippen LogP contribution in [0.5, 0.6) is 0 Å². The second-order valence-electron chi connectivity index (χ2n) is 7.86. The molecule has 0 bridgehead atoms. The average molecular weight is 401 g/mol. The van der Waals surface area contributed by atoms with E-state index in [0.717, 1.165) is 22.1 Å². The van der Waals surface area contributed by atoms with Gasteiger partial charge in [0.1, 0.15) is 5.58 Å². The second-order valence-corrected chi connectivity index (χ2v) is 9.43. The zero-order valence-electron chi connectivity index (χ0n) is 16.2. The summed E-state index contributed by atoms with van der Waals surface area (Å²) >= 11 is 0. The first kappa shape index (κ1) is 20.1. The van der Waals surface area contributed by atoms with E-state index in [1.54, 1.807) is 18.4 Å². The van der Waals surface area contributed by atoms with Gasteiger partial charge in [0.15, 0.2) is 0 Å². The Balaban J connectivity index is 1.68. The number of carbonyl (C=O) groups excluding carboxylic acids is 1. The van der Waals surface area contributed by atoms with Crippen LogP contribution in [0.4, 0.5) is 0 Å². The third-order valence-corrected chi connectivity index (χ3v) is 5.54. The van der Waals surface area contributed by atoms with Crippen molar-refractivity contribution < 1.29 is 17.6 Å². The number of benzene rings is 2. The van der Waals surface area contributed by atoms with Crippen LogP contribution < -0.4 is 10.5 Å². The van der Waals surface area contributed by atoms with Crippen LogP contribution >= 0.6 is 0 Å². The molecule has 2 aromatic carbocycles. The number of hydrogen-bond acceptors (Lipinski definition) is 4. The summed E-state index contributed by atoms with van der Waals surface area (Å²) < 4.78 is 28.1. The van der Waals surface area contributed by atoms with Crippen molar-refractivity contribution in [1.29, 1.82) is 0 Å². The molecule has 0 radical (unpaired) electrons. The largest absolute Gasteiger partial charge is 0.464 e. The monoisotopic (exact) mass is 400 g/mol. The van der Waals surface area contributed by atoms with Crippen molar-refractivity contribution in [2.75, 3.05) is 0 Å². The van der Waals surface area contributed by atoms with E-state index in [-0.39, 0.29) is 22.6 Å². The molecule has 0 unspecified atom stereocenters. The minimum absolute atomic E-state index is 0.00810. The smallest absolute Gasteiger partial charge is 0.238 e. The molecule has 0 atom stereocenters. The predicted molar refractivity (Wildman–Crippen MR) is 108 cm³/mol. The van der Waals surface area contributed by atoms with Gasteiger partial charge in [-0.2, -0.15) is 0 Å². The lowest BCUT2D eigenvalue weighted by Crippen LogP contribution is -2.24. The lowest BCUT2D eigenvalue weighted by molar-refractivity contribution is -0.120. The summed E-state index contributed by atoms with van der Waals surface area (Å²) in [6, 6.07) is 12.2. The molecule has 0 aliphatic heterocycles. The zero-order chi connectivity index (χ0) is 20.5. The van der Waals surface area contributed by atoms with E-state index in [1.807, 2.05) is 12.1 Å². The van der Waals surface area contributed by atoms with Crippen LogP contribution in [0.1, 0.15) is 37.5 Å². The van der Waals surface area contributed by atoms with Crippen LogP contribution in [0.2, 0.25) is 0 Å². The third kappa shape index (κ3) is 4.61. The molecule has 3 rings (SSSR count). The normalized spacial score (nSPS) is 12.3. The molecule has 0 aliphatic rings. The van der Waals surface area contributed by atoms with Crippen molar-refractivity contribution in [3.8, 4) is 0 Å². The highest BCUT2D eigenvalue weighted by molar-refractivity contribution is 7.89. The summed E-state index contributed by atoms with van der Waals surface area (Å²) in [5.74, 6) is -0.139. The molecule has 0 spiro atoms. The number of amides is 1. The lowest BCUT2D eigenvalue weighted by Gasteiger charge is -2.18. The summed E-state index contributed by atoms with van der Waals surface area (Å²) in [6.07, 6.45) is 1.83. The quantitative estimate of drug-likeness (QED) is 0.686. The van der Waals surface area contributed by atoms with Crippen molar-refractivity contribution in [1.82, 2.24) is 5.32 Å². The fraction of sp³-hybridized carbons (Fsp3) is 0.286. The maximum atomic E-state index is 12.4. The first-order valence-electron chi connectivity index (χ1n) is 8.93. The third-order valence-electron chi connectivity index (χ3n) is 4.61. The van der Waals surface area contributed by atoms with Gasteiger partial charge < -0.3 is 9.73 Å². The van der Waals surface area contributed by atoms with Crippen LogP contribution in [0.3, 0.4) is 0 Å². The molecule has 0 aliphatic carbocycles. The predicted octanol–water partition coefficient (Wildman–Crippen LogP) is 3.24. The Morgan fingerprint density at radius 3 is 2.39 bits per heavy atom. The van der Waals surface area contributed by atoms with Crippen molar-refractivity contribution in [2.24, 2.45) is 5.14 Å². The van der Waals surface area contributed by atoms with E-state index < -0.39 is 10.0 Å². The highest BCUT2D eigenvalue weighted by atomic mass is 32.2. The molecule has 1 aromatic heterocycles. The van der Waals surface area contributed by atoms with Gasteiger partial charge in [-0.15, -0.1) is 0 Å². The van der Waals surface area contributed by atoms with Crippen LogP contribution in [-0.4, -0.2) is 14.3 Å². The summed E-state index contributed by atoms with van der Waals surface area (Å²) in [6.45, 7) is 6.72. The van der Waals surface area contributed by atoms with Crippen molar-refractivity contribution in [3.63, 3.8) is 0 Å². The van der Waals surface area contributed by atoms with E-state index in [9.17, 15) is 13.2 Å². The van der Waals surface area contributed by atoms with E-state index in [0.29, 0.717) is 6.54 Å². The molecule has 6 nitrogen and oxygen atoms in total. The SMILES string of the molecule is CC(C)(C)c1ccc2occ(CC(=O)NCc3ccc(S(N)(=O)=O)cc3)c2c1. The van der Waals surface area contributed by atoms with Crippen LogP contribution in [0, 0.1) is 0 Å².